The Bertz CT molecular complexity index is 1350. The zero-order valence-corrected chi connectivity index (χ0v) is 17.6. The lowest BCUT2D eigenvalue weighted by atomic mass is 10.2. The molecule has 3 N–H and O–H groups in total. The normalized spacial score (nSPS) is 13.1. The van der Waals surface area contributed by atoms with Crippen LogP contribution in [0.1, 0.15) is 35.5 Å². The molecule has 0 unspecified atom stereocenters. The molecule has 2 aromatic heterocycles. The fourth-order valence-corrected chi connectivity index (χ4v) is 3.43. The monoisotopic (exact) mass is 455 g/mol. The molecule has 1 aliphatic rings. The number of hydrogen-bond acceptors (Lipinski definition) is 8. The Morgan fingerprint density at radius 3 is 2.67 bits per heavy atom. The molecule has 4 rings (SSSR count). The molecule has 12 nitrogen and oxygen atoms in total. The predicted molar refractivity (Wildman–Crippen MR) is 113 cm³/mol. The first-order valence-electron chi connectivity index (χ1n) is 10.3. The second kappa shape index (κ2) is 8.73. The standard InChI is InChI=1S/C21H21N5O7/c1-11-23-17(24-33-11)13-3-2-4-14(9-13)26-20(31)16(18(29)22-10-15(27)28)19(30)25(21(26)32)8-7-12-5-6-12/h2-4,9,12,30H,5-8,10H2,1H3,(H,22,29)(H,27,28). The van der Waals surface area contributed by atoms with E-state index in [1.165, 1.54) is 12.1 Å². The van der Waals surface area contributed by atoms with E-state index in [2.05, 4.69) is 15.5 Å². The van der Waals surface area contributed by atoms with Gasteiger partial charge < -0.3 is 20.1 Å². The number of aromatic hydroxyl groups is 1. The van der Waals surface area contributed by atoms with Crippen LogP contribution in [0.3, 0.4) is 0 Å². The van der Waals surface area contributed by atoms with Crippen molar-refractivity contribution in [1.82, 2.24) is 24.6 Å². The minimum absolute atomic E-state index is 0.0958. The highest BCUT2D eigenvalue weighted by Gasteiger charge is 2.27. The van der Waals surface area contributed by atoms with Gasteiger partial charge in [-0.2, -0.15) is 4.98 Å². The van der Waals surface area contributed by atoms with Crippen LogP contribution in [0, 0.1) is 12.8 Å². The van der Waals surface area contributed by atoms with Gasteiger partial charge in [0.2, 0.25) is 17.6 Å². The van der Waals surface area contributed by atoms with E-state index in [0.717, 1.165) is 22.0 Å². The molecule has 1 aromatic carbocycles. The highest BCUT2D eigenvalue weighted by molar-refractivity contribution is 5.97. The number of carbonyl (C=O) groups excluding carboxylic acids is 1. The van der Waals surface area contributed by atoms with E-state index in [1.807, 2.05) is 0 Å². The van der Waals surface area contributed by atoms with Crippen LogP contribution in [0.2, 0.25) is 0 Å². The topological polar surface area (TPSA) is 170 Å². The van der Waals surface area contributed by atoms with Gasteiger partial charge in [0.25, 0.3) is 11.5 Å². The van der Waals surface area contributed by atoms with Gasteiger partial charge in [0.05, 0.1) is 5.69 Å². The summed E-state index contributed by atoms with van der Waals surface area (Å²) in [5.74, 6) is -2.24. The molecule has 1 saturated carbocycles. The molecule has 0 saturated heterocycles. The Labute approximate surface area is 186 Å². The van der Waals surface area contributed by atoms with Crippen LogP contribution in [0.5, 0.6) is 5.88 Å². The molecule has 0 spiro atoms. The smallest absolute Gasteiger partial charge is 0.338 e. The molecule has 2 heterocycles. The minimum atomic E-state index is -1.33. The van der Waals surface area contributed by atoms with Gasteiger partial charge in [-0.15, -0.1) is 0 Å². The number of aliphatic carboxylic acids is 1. The van der Waals surface area contributed by atoms with Crippen LogP contribution in [0.25, 0.3) is 17.1 Å². The molecule has 3 aromatic rings. The van der Waals surface area contributed by atoms with Gasteiger partial charge in [-0.1, -0.05) is 30.1 Å². The highest BCUT2D eigenvalue weighted by Crippen LogP contribution is 2.33. The van der Waals surface area contributed by atoms with Crippen molar-refractivity contribution in [2.75, 3.05) is 6.54 Å². The van der Waals surface area contributed by atoms with Gasteiger partial charge in [0.15, 0.2) is 5.56 Å². The molecule has 0 atom stereocenters. The molecule has 33 heavy (non-hydrogen) atoms. The third kappa shape index (κ3) is 4.54. The summed E-state index contributed by atoms with van der Waals surface area (Å²) < 4.78 is 6.70. The number of aromatic nitrogens is 4. The summed E-state index contributed by atoms with van der Waals surface area (Å²) in [5.41, 5.74) is -2.03. The van der Waals surface area contributed by atoms with E-state index in [9.17, 15) is 24.3 Å². The van der Waals surface area contributed by atoms with Crippen LogP contribution in [0.15, 0.2) is 38.4 Å². The number of hydrogen-bond donors (Lipinski definition) is 3. The molecule has 1 fully saturated rings. The van der Waals surface area contributed by atoms with Gasteiger partial charge in [0, 0.05) is 19.0 Å². The molecule has 12 heteroatoms. The summed E-state index contributed by atoms with van der Waals surface area (Å²) in [5, 5.41) is 25.4. The first-order valence-corrected chi connectivity index (χ1v) is 10.3. The number of nitrogens with zero attached hydrogens (tertiary/aromatic N) is 4. The summed E-state index contributed by atoms with van der Waals surface area (Å²) >= 11 is 0. The second-order valence-electron chi connectivity index (χ2n) is 7.77. The largest absolute Gasteiger partial charge is 0.494 e. The lowest BCUT2D eigenvalue weighted by Crippen LogP contribution is -2.44. The maximum absolute atomic E-state index is 13.2. The lowest BCUT2D eigenvalue weighted by Gasteiger charge is -2.16. The first-order chi connectivity index (χ1) is 15.8. The molecule has 0 radical (unpaired) electrons. The number of aryl methyl sites for hydroxylation is 1. The van der Waals surface area contributed by atoms with Crippen LogP contribution < -0.4 is 16.6 Å². The number of nitrogens with one attached hydrogen (secondary N) is 1. The van der Waals surface area contributed by atoms with Gasteiger partial charge in [0.1, 0.15) is 6.54 Å². The Morgan fingerprint density at radius 2 is 2.03 bits per heavy atom. The van der Waals surface area contributed by atoms with E-state index < -0.39 is 41.1 Å². The third-order valence-corrected chi connectivity index (χ3v) is 5.29. The van der Waals surface area contributed by atoms with E-state index in [-0.39, 0.29) is 18.1 Å². The lowest BCUT2D eigenvalue weighted by molar-refractivity contribution is -0.135. The number of carboxylic acid groups (broad SMARTS) is 1. The number of amides is 1. The second-order valence-corrected chi connectivity index (χ2v) is 7.77. The van der Waals surface area contributed by atoms with Gasteiger partial charge in [-0.3, -0.25) is 19.0 Å². The fraction of sp³-hybridized carbons (Fsp3) is 0.333. The molecular formula is C21H21N5O7. The Hall–Kier alpha value is -4.22. The number of benzene rings is 1. The van der Waals surface area contributed by atoms with Crippen molar-refractivity contribution >= 4 is 11.9 Å². The Morgan fingerprint density at radius 1 is 1.27 bits per heavy atom. The molecule has 1 amide bonds. The number of rotatable bonds is 8. The molecule has 0 aliphatic heterocycles. The molecule has 0 bridgehead atoms. The van der Waals surface area contributed by atoms with Crippen LogP contribution in [-0.2, 0) is 11.3 Å². The van der Waals surface area contributed by atoms with E-state index in [0.29, 0.717) is 23.8 Å². The SMILES string of the molecule is Cc1nc(-c2cccc(-n3c(=O)c(C(=O)NCC(=O)O)c(O)n(CCC4CC4)c3=O)c2)no1. The van der Waals surface area contributed by atoms with E-state index in [1.54, 1.807) is 19.1 Å². The quantitative estimate of drug-likeness (QED) is 0.442. The van der Waals surface area contributed by atoms with Crippen molar-refractivity contribution in [2.45, 2.75) is 32.7 Å². The number of carbonyl (C=O) groups is 2. The van der Waals surface area contributed by atoms with Crippen molar-refractivity contribution in [3.63, 3.8) is 0 Å². The van der Waals surface area contributed by atoms with Crippen LogP contribution in [0.4, 0.5) is 0 Å². The van der Waals surface area contributed by atoms with E-state index in [4.69, 9.17) is 9.63 Å². The zero-order chi connectivity index (χ0) is 23.7. The third-order valence-electron chi connectivity index (χ3n) is 5.29. The van der Waals surface area contributed by atoms with Crippen molar-refractivity contribution in [2.24, 2.45) is 5.92 Å². The van der Waals surface area contributed by atoms with Crippen molar-refractivity contribution in [3.05, 3.63) is 56.6 Å². The van der Waals surface area contributed by atoms with Crippen molar-refractivity contribution in [1.29, 1.82) is 0 Å². The summed E-state index contributed by atoms with van der Waals surface area (Å²) in [6, 6.07) is 6.20. The van der Waals surface area contributed by atoms with Crippen LogP contribution in [-0.4, -0.2) is 47.9 Å². The predicted octanol–water partition coefficient (Wildman–Crippen LogP) is 0.678. The average Bonchev–Trinajstić information content (AvgIpc) is 3.50. The van der Waals surface area contributed by atoms with E-state index >= 15 is 0 Å². The summed E-state index contributed by atoms with van der Waals surface area (Å²) in [7, 11) is 0. The van der Waals surface area contributed by atoms with Gasteiger partial charge in [-0.05, 0) is 24.5 Å². The summed E-state index contributed by atoms with van der Waals surface area (Å²) in [6.07, 6.45) is 2.60. The average molecular weight is 455 g/mol. The molecule has 172 valence electrons. The first kappa shape index (κ1) is 22.0. The molecule has 1 aliphatic carbocycles. The van der Waals surface area contributed by atoms with Gasteiger partial charge >= 0.3 is 11.7 Å². The zero-order valence-electron chi connectivity index (χ0n) is 17.6. The highest BCUT2D eigenvalue weighted by atomic mass is 16.5. The van der Waals surface area contributed by atoms with Gasteiger partial charge in [-0.25, -0.2) is 9.36 Å². The maximum atomic E-state index is 13.2. The molecular weight excluding hydrogens is 434 g/mol. The number of carboxylic acids is 1. The van der Waals surface area contributed by atoms with Crippen molar-refractivity contribution < 1.29 is 24.3 Å². The fourth-order valence-electron chi connectivity index (χ4n) is 3.43. The summed E-state index contributed by atoms with van der Waals surface area (Å²) in [4.78, 5) is 54.0. The van der Waals surface area contributed by atoms with Crippen LogP contribution >= 0.6 is 0 Å². The van der Waals surface area contributed by atoms with Crippen molar-refractivity contribution in [3.8, 4) is 23.0 Å². The Kier molecular flexibility index (Phi) is 5.82. The Balaban J connectivity index is 1.86. The minimum Gasteiger partial charge on any atom is -0.494 e. The summed E-state index contributed by atoms with van der Waals surface area (Å²) in [6.45, 7) is 0.954. The maximum Gasteiger partial charge on any atom is 0.338 e.